The number of aliphatic hydroxyl groups excluding tert-OH is 2. The first kappa shape index (κ1) is 64.1. The second-order valence-corrected chi connectivity index (χ2v) is 17.3. The van der Waals surface area contributed by atoms with Crippen LogP contribution in [0, 0.1) is 24.3 Å². The molecule has 0 bridgehead atoms. The number of para-hydroxylation sites is 2. The van der Waals surface area contributed by atoms with Gasteiger partial charge in [-0.2, -0.15) is 0 Å². The third-order valence-electron chi connectivity index (χ3n) is 11.3. The summed E-state index contributed by atoms with van der Waals surface area (Å²) in [6, 6.07) is 89.6. The molecule has 1 unspecified atom stereocenters. The van der Waals surface area contributed by atoms with Crippen molar-refractivity contribution in [2.24, 2.45) is 0 Å². The van der Waals surface area contributed by atoms with Gasteiger partial charge < -0.3 is 25.7 Å². The molecule has 0 fully saturated rings. The zero-order valence-electron chi connectivity index (χ0n) is 44.7. The Morgan fingerprint density at radius 1 is 0.463 bits per heavy atom. The number of carbonyl (C=O) groups is 1. The minimum absolute atomic E-state index is 0. The fourth-order valence-corrected chi connectivity index (χ4v) is 7.87. The maximum absolute atomic E-state index is 9.96. The van der Waals surface area contributed by atoms with Crippen LogP contribution < -0.4 is 0 Å². The van der Waals surface area contributed by atoms with E-state index < -0.39 is 6.10 Å². The van der Waals surface area contributed by atoms with Gasteiger partial charge in [0.05, 0.1) is 22.9 Å². The fraction of sp³-hybridized carbons (Fsp3) is 0.0714. The second-order valence-electron chi connectivity index (χ2n) is 17.3. The minimum atomic E-state index is -0.537. The average Bonchev–Trinajstić information content (AvgIpc) is 3.52. The van der Waals surface area contributed by atoms with Crippen LogP contribution in [0.4, 0.5) is 0 Å². The van der Waals surface area contributed by atoms with E-state index in [0.717, 1.165) is 56.1 Å². The van der Waals surface area contributed by atoms with Gasteiger partial charge in [0.15, 0.2) is 5.78 Å². The van der Waals surface area contributed by atoms with E-state index in [-0.39, 0.29) is 57.2 Å². The summed E-state index contributed by atoms with van der Waals surface area (Å²) in [4.78, 5) is 28.1. The van der Waals surface area contributed by atoms with Crippen LogP contribution in [-0.2, 0) is 45.0 Å². The molecule has 4 aromatic heterocycles. The van der Waals surface area contributed by atoms with Crippen molar-refractivity contribution < 1.29 is 60.7 Å². The Morgan fingerprint density at radius 2 is 0.812 bits per heavy atom. The Hall–Kier alpha value is -8.43. The first-order valence-corrected chi connectivity index (χ1v) is 25.1. The number of hydrogen-bond acceptors (Lipinski definition) is 7. The third kappa shape index (κ3) is 19.8. The Bertz CT molecular complexity index is 3550. The first-order chi connectivity index (χ1) is 37.7. The van der Waals surface area contributed by atoms with Crippen LogP contribution in [0.5, 0.6) is 0 Å². The van der Waals surface area contributed by atoms with Crippen molar-refractivity contribution in [3.63, 3.8) is 0 Å². The Kier molecular flexibility index (Phi) is 27.6. The van der Waals surface area contributed by atoms with Crippen molar-refractivity contribution in [2.45, 2.75) is 33.8 Å². The molecule has 4 heterocycles. The summed E-state index contributed by atoms with van der Waals surface area (Å²) in [5.74, 6) is 0.271. The van der Waals surface area contributed by atoms with Gasteiger partial charge >= 0.3 is 0 Å². The van der Waals surface area contributed by atoms with E-state index in [4.69, 9.17) is 10.2 Å². The number of pyridine rings is 4. The number of allylic oxidation sites excluding steroid dienone is 3. The van der Waals surface area contributed by atoms with Gasteiger partial charge in [-0.3, -0.25) is 14.8 Å². The van der Waals surface area contributed by atoms with Gasteiger partial charge in [-0.05, 0) is 119 Å². The molecular formula is C70H60Ir2N4O4-4. The number of rotatable bonds is 6. The van der Waals surface area contributed by atoms with Crippen LogP contribution in [0.1, 0.15) is 27.7 Å². The quantitative estimate of drug-likeness (QED) is 0.0959. The molecule has 0 amide bonds. The number of hydrogen-bond donors (Lipinski definition) is 2. The van der Waals surface area contributed by atoms with Gasteiger partial charge in [-0.15, -0.1) is 144 Å². The van der Waals surface area contributed by atoms with E-state index in [9.17, 15) is 4.79 Å². The largest absolute Gasteiger partial charge is 0.513 e. The molecule has 0 aliphatic heterocycles. The zero-order chi connectivity index (χ0) is 54.0. The van der Waals surface area contributed by atoms with Crippen LogP contribution in [-0.4, -0.2) is 47.5 Å². The normalized spacial score (nSPS) is 10.6. The fourth-order valence-electron chi connectivity index (χ4n) is 7.87. The Balaban J connectivity index is 0.000000212. The van der Waals surface area contributed by atoms with E-state index >= 15 is 0 Å². The molecule has 80 heavy (non-hydrogen) atoms. The van der Waals surface area contributed by atoms with Crippen LogP contribution >= 0.6 is 0 Å². The molecule has 12 rings (SSSR count). The summed E-state index contributed by atoms with van der Waals surface area (Å²) in [6.45, 7) is 6.45. The van der Waals surface area contributed by atoms with Gasteiger partial charge in [-0.25, -0.2) is 0 Å². The summed E-state index contributed by atoms with van der Waals surface area (Å²) >= 11 is 0. The van der Waals surface area contributed by atoms with Crippen LogP contribution in [0.3, 0.4) is 0 Å². The van der Waals surface area contributed by atoms with Crippen molar-refractivity contribution in [3.05, 3.63) is 291 Å². The molecule has 2 radical (unpaired) electrons. The van der Waals surface area contributed by atoms with Gasteiger partial charge in [0, 0.05) is 52.6 Å². The molecule has 0 aliphatic rings. The zero-order valence-corrected chi connectivity index (χ0v) is 49.5. The van der Waals surface area contributed by atoms with Gasteiger partial charge in [-0.1, -0.05) is 115 Å². The predicted octanol–water partition coefficient (Wildman–Crippen LogP) is 16.0. The second kappa shape index (κ2) is 34.5. The van der Waals surface area contributed by atoms with Crippen molar-refractivity contribution in [1.82, 2.24) is 19.9 Å². The smallest absolute Gasteiger partial charge is 0.152 e. The summed E-state index contributed by atoms with van der Waals surface area (Å²) in [6.07, 6.45) is 7.77. The van der Waals surface area contributed by atoms with E-state index in [1.165, 1.54) is 58.3 Å². The first-order valence-electron chi connectivity index (χ1n) is 25.1. The molecule has 0 saturated carbocycles. The van der Waals surface area contributed by atoms with Crippen LogP contribution in [0.15, 0.2) is 267 Å². The Morgan fingerprint density at radius 3 is 1.12 bits per heavy atom. The number of carbonyl (C=O) groups excluding carboxylic acids is 1. The summed E-state index contributed by atoms with van der Waals surface area (Å²) < 4.78 is 0. The standard InChI is InChI=1S/4C15H10N.C5H10O2.C5H8O.2Ir.H2O/c2*1-2-7-13(8-3-1)15-14-9-5-4-6-12(14)10-11-16-15;2*1-2-6-12(7-3-1)15-11-10-13-8-4-5-9-14(13)16-15;1-4(6)3-5(2)7;1-3-4-5(2)6;;;/h2*1-7,9-11H;2*1-6,8-11H;3-4,6-7H,1-2H3;3-4H,1-2H3;;;1H2/q4*-1;;;;;/b;;;;;4-3+;;;. The van der Waals surface area contributed by atoms with Crippen molar-refractivity contribution in [3.8, 4) is 45.0 Å². The van der Waals surface area contributed by atoms with Gasteiger partial charge in [0.2, 0.25) is 0 Å². The molecule has 1 atom stereocenters. The molecule has 4 N–H and O–H groups in total. The van der Waals surface area contributed by atoms with E-state index in [1.807, 2.05) is 201 Å². The van der Waals surface area contributed by atoms with Crippen molar-refractivity contribution in [1.29, 1.82) is 0 Å². The maximum atomic E-state index is 9.96. The number of fused-ring (bicyclic) bond motifs is 4. The number of nitrogens with zero attached hydrogens (tertiary/aromatic N) is 4. The topological polar surface area (TPSA) is 141 Å². The number of benzene rings is 8. The third-order valence-corrected chi connectivity index (χ3v) is 11.3. The molecule has 406 valence electrons. The summed E-state index contributed by atoms with van der Waals surface area (Å²) in [5.41, 5.74) is 10.1. The molecule has 0 spiro atoms. The minimum Gasteiger partial charge on any atom is -0.513 e. The molecular weight excluding hydrogens is 1350 g/mol. The molecule has 0 saturated heterocycles. The van der Waals surface area contributed by atoms with Crippen LogP contribution in [0.25, 0.3) is 88.4 Å². The summed E-state index contributed by atoms with van der Waals surface area (Å²) in [7, 11) is 0. The predicted molar refractivity (Wildman–Crippen MR) is 321 cm³/mol. The molecule has 8 aromatic carbocycles. The van der Waals surface area contributed by atoms with Crippen LogP contribution in [0.2, 0.25) is 0 Å². The number of ketones is 1. The average molecular weight is 1410 g/mol. The van der Waals surface area contributed by atoms with Crippen molar-refractivity contribution >= 4 is 49.1 Å². The van der Waals surface area contributed by atoms with Gasteiger partial charge in [0.25, 0.3) is 0 Å². The molecule has 10 heteroatoms. The number of aliphatic hydroxyl groups is 2. The van der Waals surface area contributed by atoms with Gasteiger partial charge in [0.1, 0.15) is 0 Å². The van der Waals surface area contributed by atoms with E-state index in [2.05, 4.69) is 92.7 Å². The van der Waals surface area contributed by atoms with E-state index in [0.29, 0.717) is 0 Å². The molecule has 8 nitrogen and oxygen atoms in total. The molecule has 12 aromatic rings. The summed E-state index contributed by atoms with van der Waals surface area (Å²) in [5, 5.41) is 24.0. The Labute approximate surface area is 496 Å². The maximum Gasteiger partial charge on any atom is 0.152 e. The monoisotopic (exact) mass is 1410 g/mol. The number of aromatic nitrogens is 4. The SMILES string of the molecule is C/C=C/C(C)=O.CC(O)=CC(C)O.O.[Ir].[Ir].[c-]1ccccc1-c1ccc2ccccc2n1.[c-]1ccccc1-c1ccc2ccccc2n1.[c-]1ccccc1-c1nccc2ccccc12.[c-]1ccccc1-c1nccc2ccccc12. The molecule has 0 aliphatic carbocycles. The van der Waals surface area contributed by atoms with E-state index in [1.54, 1.807) is 13.0 Å². The van der Waals surface area contributed by atoms with Crippen molar-refractivity contribution in [2.75, 3.05) is 0 Å².